The molecule has 1 heterocycles. The molecule has 2 aromatic carbocycles. The summed E-state index contributed by atoms with van der Waals surface area (Å²) in [6, 6.07) is 11.3. The first kappa shape index (κ1) is 19.8. The van der Waals surface area contributed by atoms with Crippen molar-refractivity contribution in [2.75, 3.05) is 45.2 Å². The summed E-state index contributed by atoms with van der Waals surface area (Å²) in [5.74, 6) is 0.143. The molecule has 0 radical (unpaired) electrons. The highest BCUT2D eigenvalue weighted by Gasteiger charge is 2.18. The van der Waals surface area contributed by atoms with E-state index in [0.29, 0.717) is 27.9 Å². The van der Waals surface area contributed by atoms with Crippen LogP contribution in [0.15, 0.2) is 36.4 Å². The third kappa shape index (κ3) is 4.67. The van der Waals surface area contributed by atoms with Gasteiger partial charge in [-0.3, -0.25) is 4.79 Å². The molecular weight excluding hydrogens is 385 g/mol. The fourth-order valence-electron chi connectivity index (χ4n) is 3.18. The number of para-hydroxylation sites is 1. The highest BCUT2D eigenvalue weighted by Crippen LogP contribution is 2.33. The number of halogens is 2. The van der Waals surface area contributed by atoms with Crippen LogP contribution in [0.2, 0.25) is 10.0 Å². The van der Waals surface area contributed by atoms with E-state index in [1.807, 2.05) is 18.2 Å². The summed E-state index contributed by atoms with van der Waals surface area (Å²) in [4.78, 5) is 17.2. The number of likely N-dealkylation sites (N-methyl/N-ethyl adjacent to an activating group) is 1. The number of carbonyl (C=O) groups excluding carboxylic acids is 1. The number of ether oxygens (including phenoxy) is 1. The number of nitrogens with zero attached hydrogens (tertiary/aromatic N) is 2. The molecule has 0 spiro atoms. The molecule has 0 aliphatic carbocycles. The Morgan fingerprint density at radius 3 is 2.37 bits per heavy atom. The van der Waals surface area contributed by atoms with Crippen LogP contribution in [0.5, 0.6) is 5.75 Å². The molecule has 3 rings (SSSR count). The average Bonchev–Trinajstić information content (AvgIpc) is 2.67. The second kappa shape index (κ2) is 8.83. The third-order valence-electron chi connectivity index (χ3n) is 4.74. The van der Waals surface area contributed by atoms with Gasteiger partial charge in [-0.1, -0.05) is 41.4 Å². The Morgan fingerprint density at radius 1 is 1.11 bits per heavy atom. The van der Waals surface area contributed by atoms with Crippen LogP contribution in [0.3, 0.4) is 0 Å². The lowest BCUT2D eigenvalue weighted by molar-refractivity contribution is 0.0951. The predicted octanol–water partition coefficient (Wildman–Crippen LogP) is 3.68. The fraction of sp³-hybridized carbons (Fsp3) is 0.350. The number of amides is 1. The monoisotopic (exact) mass is 407 g/mol. The van der Waals surface area contributed by atoms with Crippen LogP contribution in [0.1, 0.15) is 15.9 Å². The molecule has 1 fully saturated rings. The normalized spacial score (nSPS) is 14.9. The van der Waals surface area contributed by atoms with Crippen LogP contribution in [0.25, 0.3) is 0 Å². The number of piperazine rings is 1. The van der Waals surface area contributed by atoms with Crippen molar-refractivity contribution in [2.45, 2.75) is 6.54 Å². The van der Waals surface area contributed by atoms with Gasteiger partial charge >= 0.3 is 0 Å². The summed E-state index contributed by atoms with van der Waals surface area (Å²) < 4.78 is 5.13. The molecule has 1 amide bonds. The molecular formula is C20H23Cl2N3O2. The van der Waals surface area contributed by atoms with E-state index in [1.165, 1.54) is 7.11 Å². The van der Waals surface area contributed by atoms with Crippen LogP contribution in [0, 0.1) is 0 Å². The first-order valence-corrected chi connectivity index (χ1v) is 9.58. The first-order chi connectivity index (χ1) is 13.0. The van der Waals surface area contributed by atoms with Gasteiger partial charge in [-0.25, -0.2) is 0 Å². The van der Waals surface area contributed by atoms with Crippen LogP contribution in [-0.4, -0.2) is 51.1 Å². The van der Waals surface area contributed by atoms with Crippen LogP contribution < -0.4 is 15.0 Å². The van der Waals surface area contributed by atoms with Crippen molar-refractivity contribution in [3.05, 3.63) is 57.6 Å². The number of hydrogen-bond donors (Lipinski definition) is 1. The zero-order valence-electron chi connectivity index (χ0n) is 15.5. The second-order valence-electron chi connectivity index (χ2n) is 6.57. The largest absolute Gasteiger partial charge is 0.494 e. The average molecular weight is 408 g/mol. The first-order valence-electron chi connectivity index (χ1n) is 8.82. The SMILES string of the molecule is COc1c(Cl)cc(C(=O)NCc2ccccc2N2CCN(C)CC2)cc1Cl. The van der Waals surface area contributed by atoms with Crippen molar-refractivity contribution >= 4 is 34.8 Å². The van der Waals surface area contributed by atoms with Gasteiger partial charge in [-0.15, -0.1) is 0 Å². The molecule has 27 heavy (non-hydrogen) atoms. The highest BCUT2D eigenvalue weighted by atomic mass is 35.5. The predicted molar refractivity (Wildman–Crippen MR) is 110 cm³/mol. The van der Waals surface area contributed by atoms with E-state index in [-0.39, 0.29) is 5.91 Å². The summed E-state index contributed by atoms with van der Waals surface area (Å²) in [7, 11) is 3.62. The molecule has 5 nitrogen and oxygen atoms in total. The summed E-state index contributed by atoms with van der Waals surface area (Å²) in [6.07, 6.45) is 0. The lowest BCUT2D eigenvalue weighted by Gasteiger charge is -2.35. The molecule has 1 aliphatic heterocycles. The Kier molecular flexibility index (Phi) is 6.47. The van der Waals surface area contributed by atoms with E-state index in [4.69, 9.17) is 27.9 Å². The van der Waals surface area contributed by atoms with E-state index in [1.54, 1.807) is 12.1 Å². The Hall–Kier alpha value is -1.95. The lowest BCUT2D eigenvalue weighted by Crippen LogP contribution is -2.45. The minimum Gasteiger partial charge on any atom is -0.494 e. The van der Waals surface area contributed by atoms with Crippen molar-refractivity contribution in [3.63, 3.8) is 0 Å². The summed E-state index contributed by atoms with van der Waals surface area (Å²) in [5.41, 5.74) is 2.65. The molecule has 1 aliphatic rings. The van der Waals surface area contributed by atoms with Gasteiger partial charge in [0.15, 0.2) is 5.75 Å². The maximum absolute atomic E-state index is 12.6. The van der Waals surface area contributed by atoms with Gasteiger partial charge in [0.25, 0.3) is 5.91 Å². The zero-order valence-corrected chi connectivity index (χ0v) is 17.0. The van der Waals surface area contributed by atoms with Gasteiger partial charge in [0.1, 0.15) is 0 Å². The number of anilines is 1. The molecule has 0 bridgehead atoms. The van der Waals surface area contributed by atoms with Gasteiger partial charge in [0.05, 0.1) is 17.2 Å². The van der Waals surface area contributed by atoms with Gasteiger partial charge < -0.3 is 19.9 Å². The molecule has 0 saturated carbocycles. The number of nitrogens with one attached hydrogen (secondary N) is 1. The summed E-state index contributed by atoms with van der Waals surface area (Å²) in [6.45, 7) is 4.45. The van der Waals surface area contributed by atoms with Crippen molar-refractivity contribution in [2.24, 2.45) is 0 Å². The number of methoxy groups -OCH3 is 1. The third-order valence-corrected chi connectivity index (χ3v) is 5.30. The Bertz CT molecular complexity index is 798. The standard InChI is InChI=1S/C20H23Cl2N3O2/c1-24-7-9-25(10-8-24)18-6-4-3-5-14(18)13-23-20(26)15-11-16(21)19(27-2)17(22)12-15/h3-6,11-12H,7-10,13H2,1-2H3,(H,23,26). The van der Waals surface area contributed by atoms with Gasteiger partial charge in [0.2, 0.25) is 0 Å². The maximum atomic E-state index is 12.6. The van der Waals surface area contributed by atoms with Crippen molar-refractivity contribution in [1.82, 2.24) is 10.2 Å². The Morgan fingerprint density at radius 2 is 1.74 bits per heavy atom. The Labute approximate surface area is 169 Å². The molecule has 7 heteroatoms. The van der Waals surface area contributed by atoms with E-state index in [9.17, 15) is 4.79 Å². The lowest BCUT2D eigenvalue weighted by atomic mass is 10.1. The van der Waals surface area contributed by atoms with E-state index >= 15 is 0 Å². The molecule has 0 aromatic heterocycles. The number of benzene rings is 2. The van der Waals surface area contributed by atoms with Gasteiger partial charge in [0, 0.05) is 44.0 Å². The van der Waals surface area contributed by atoms with Gasteiger partial charge in [-0.05, 0) is 30.8 Å². The quantitative estimate of drug-likeness (QED) is 0.820. The molecule has 2 aromatic rings. The molecule has 1 saturated heterocycles. The number of hydrogen-bond acceptors (Lipinski definition) is 4. The van der Waals surface area contributed by atoms with Crippen molar-refractivity contribution in [1.29, 1.82) is 0 Å². The molecule has 144 valence electrons. The van der Waals surface area contributed by atoms with Crippen LogP contribution >= 0.6 is 23.2 Å². The molecule has 0 atom stereocenters. The van der Waals surface area contributed by atoms with Gasteiger partial charge in [-0.2, -0.15) is 0 Å². The van der Waals surface area contributed by atoms with Crippen molar-refractivity contribution in [3.8, 4) is 5.75 Å². The second-order valence-corrected chi connectivity index (χ2v) is 7.39. The van der Waals surface area contributed by atoms with Crippen molar-refractivity contribution < 1.29 is 9.53 Å². The molecule has 0 unspecified atom stereocenters. The minimum atomic E-state index is -0.227. The minimum absolute atomic E-state index is 0.227. The fourth-order valence-corrected chi connectivity index (χ4v) is 3.82. The van der Waals surface area contributed by atoms with E-state index in [2.05, 4.69) is 28.2 Å². The summed E-state index contributed by atoms with van der Waals surface area (Å²) >= 11 is 12.3. The molecule has 1 N–H and O–H groups in total. The summed E-state index contributed by atoms with van der Waals surface area (Å²) in [5, 5.41) is 3.59. The maximum Gasteiger partial charge on any atom is 0.251 e. The van der Waals surface area contributed by atoms with E-state index in [0.717, 1.165) is 37.4 Å². The number of rotatable bonds is 5. The Balaban J connectivity index is 1.71. The van der Waals surface area contributed by atoms with Crippen LogP contribution in [-0.2, 0) is 6.54 Å². The van der Waals surface area contributed by atoms with E-state index < -0.39 is 0 Å². The topological polar surface area (TPSA) is 44.8 Å². The number of carbonyl (C=O) groups is 1. The highest BCUT2D eigenvalue weighted by molar-refractivity contribution is 6.37. The smallest absolute Gasteiger partial charge is 0.251 e. The van der Waals surface area contributed by atoms with Crippen LogP contribution in [0.4, 0.5) is 5.69 Å². The zero-order chi connectivity index (χ0) is 19.4.